The summed E-state index contributed by atoms with van der Waals surface area (Å²) in [6, 6.07) is 12.2. The largest absolute Gasteiger partial charge is 0.480 e. The van der Waals surface area contributed by atoms with Crippen molar-refractivity contribution in [2.45, 2.75) is 166 Å². The molecule has 91 heavy (non-hydrogen) atoms. The van der Waals surface area contributed by atoms with E-state index in [1.807, 2.05) is 0 Å². The Morgan fingerprint density at radius 3 is 1.15 bits per heavy atom. The number of guanidine groups is 1. The van der Waals surface area contributed by atoms with Gasteiger partial charge in [0.25, 0.3) is 0 Å². The van der Waals surface area contributed by atoms with Gasteiger partial charge in [-0.15, -0.1) is 0 Å². The Bertz CT molecular complexity index is 2850. The van der Waals surface area contributed by atoms with Crippen LogP contribution in [0.2, 0.25) is 0 Å². The second-order valence-electron chi connectivity index (χ2n) is 22.6. The summed E-state index contributed by atoms with van der Waals surface area (Å²) in [5.74, 6) is -9.23. The molecule has 3 aromatic rings. The number of benzene rings is 3. The molecule has 3 rings (SSSR count). The van der Waals surface area contributed by atoms with Crippen molar-refractivity contribution in [3.63, 3.8) is 0 Å². The summed E-state index contributed by atoms with van der Waals surface area (Å²) in [6.45, 7) is 7.02. The lowest BCUT2D eigenvalue weighted by Crippen LogP contribution is -2.61. The van der Waals surface area contributed by atoms with Crippen molar-refractivity contribution in [2.24, 2.45) is 51.2 Å². The summed E-state index contributed by atoms with van der Waals surface area (Å²) in [6.07, 6.45) is 1.52. The first-order valence-corrected chi connectivity index (χ1v) is 30.7. The van der Waals surface area contributed by atoms with Gasteiger partial charge in [0.15, 0.2) is 5.96 Å². The molecule has 10 atom stereocenters. The first-order valence-electron chi connectivity index (χ1n) is 30.7. The van der Waals surface area contributed by atoms with Gasteiger partial charge >= 0.3 is 18.0 Å². The molecule has 29 nitrogen and oxygen atoms in total. The van der Waals surface area contributed by atoms with Gasteiger partial charge < -0.3 is 92.7 Å². The number of amides is 12. The van der Waals surface area contributed by atoms with Crippen LogP contribution in [0.3, 0.4) is 0 Å². The fraction of sp³-hybridized carbons (Fsp3) is 0.516. The number of primary amides is 2. The Hall–Kier alpha value is -9.38. The number of urea groups is 2. The number of aliphatic imine (C=N–C) groups is 1. The Morgan fingerprint density at radius 2 is 0.791 bits per heavy atom. The van der Waals surface area contributed by atoms with Crippen LogP contribution < -0.4 is 87.6 Å². The van der Waals surface area contributed by atoms with E-state index in [0.29, 0.717) is 42.5 Å². The fourth-order valence-corrected chi connectivity index (χ4v) is 9.52. The summed E-state index contributed by atoms with van der Waals surface area (Å²) in [4.78, 5) is 155. The van der Waals surface area contributed by atoms with E-state index in [-0.39, 0.29) is 89.8 Å². The SMILES string of the molecule is CC[C@H](C)[C@H](NC(=O)[C@H](Cc1ccccc1)NC(=O)[C@H](CCCNC(N)=O)NC(=O)[C@@H](NC(=O)[C@H](Cc1ccccc1)NC(=O)[C@H](CCCN=C(N)N)NC(=O)[C@H](CCCNC(N)=O)NC(=O)[C@H](Cc1ccccc1)NC(=O)[C@@H](N)CCCCN)C(C)C)C(=O)O. The van der Waals surface area contributed by atoms with Crippen LogP contribution in [0.4, 0.5) is 9.59 Å². The molecular weight excluding hydrogens is 1170 g/mol. The number of carboxylic acid groups (broad SMARTS) is 1. The van der Waals surface area contributed by atoms with Gasteiger partial charge in [-0.2, -0.15) is 0 Å². The minimum absolute atomic E-state index is 0.000242. The summed E-state index contributed by atoms with van der Waals surface area (Å²) in [5.41, 5.74) is 35.5. The van der Waals surface area contributed by atoms with Crippen LogP contribution in [0.5, 0.6) is 0 Å². The molecule has 0 aliphatic rings. The zero-order valence-electron chi connectivity index (χ0n) is 52.4. The highest BCUT2D eigenvalue weighted by molar-refractivity contribution is 5.98. The van der Waals surface area contributed by atoms with E-state index in [0.717, 1.165) is 0 Å². The number of nitrogens with two attached hydrogens (primary N) is 6. The van der Waals surface area contributed by atoms with E-state index in [2.05, 4.69) is 58.2 Å². The molecule has 0 saturated carbocycles. The maximum atomic E-state index is 14.8. The minimum atomic E-state index is -1.46. The van der Waals surface area contributed by atoms with Gasteiger partial charge in [0.2, 0.25) is 47.3 Å². The van der Waals surface area contributed by atoms with E-state index < -0.39 is 132 Å². The van der Waals surface area contributed by atoms with Gasteiger partial charge in [0.1, 0.15) is 48.3 Å². The topological polar surface area (TPSA) is 497 Å². The molecule has 0 heterocycles. The molecule has 0 aliphatic carbocycles. The minimum Gasteiger partial charge on any atom is -0.480 e. The van der Waals surface area contributed by atoms with E-state index in [4.69, 9.17) is 34.4 Å². The van der Waals surface area contributed by atoms with Gasteiger partial charge in [0.05, 0.1) is 6.04 Å². The van der Waals surface area contributed by atoms with Crippen LogP contribution in [-0.2, 0) is 62.4 Å². The van der Waals surface area contributed by atoms with E-state index in [1.165, 1.54) is 0 Å². The maximum absolute atomic E-state index is 14.8. The predicted molar refractivity (Wildman–Crippen MR) is 342 cm³/mol. The summed E-state index contributed by atoms with van der Waals surface area (Å²) in [7, 11) is 0. The highest BCUT2D eigenvalue weighted by Crippen LogP contribution is 2.14. The van der Waals surface area contributed by atoms with Gasteiger partial charge in [-0.3, -0.25) is 43.3 Å². The van der Waals surface area contributed by atoms with Crippen LogP contribution in [0.25, 0.3) is 0 Å². The number of hydrogen-bond donors (Lipinski definition) is 17. The van der Waals surface area contributed by atoms with E-state index in [1.54, 1.807) is 119 Å². The lowest BCUT2D eigenvalue weighted by atomic mass is 9.97. The van der Waals surface area contributed by atoms with Crippen molar-refractivity contribution in [1.29, 1.82) is 0 Å². The Balaban J connectivity index is 2.03. The van der Waals surface area contributed by atoms with Gasteiger partial charge in [0, 0.05) is 38.9 Å². The van der Waals surface area contributed by atoms with Gasteiger partial charge in [-0.1, -0.05) is 132 Å². The fourth-order valence-electron chi connectivity index (χ4n) is 9.52. The molecule has 29 heteroatoms. The molecule has 0 aromatic heterocycles. The molecule has 12 amide bonds. The third-order valence-electron chi connectivity index (χ3n) is 14.9. The normalized spacial score (nSPS) is 14.3. The van der Waals surface area contributed by atoms with Gasteiger partial charge in [-0.05, 0) is 86.4 Å². The molecule has 0 aliphatic heterocycles. The number of carbonyl (C=O) groups is 11. The molecule has 0 fully saturated rings. The lowest BCUT2D eigenvalue weighted by molar-refractivity contribution is -0.144. The molecule has 0 saturated heterocycles. The Labute approximate surface area is 531 Å². The third kappa shape index (κ3) is 29.2. The molecule has 0 unspecified atom stereocenters. The Kier molecular flexibility index (Phi) is 34.2. The summed E-state index contributed by atoms with van der Waals surface area (Å²) in [5, 5.41) is 36.5. The number of carbonyl (C=O) groups excluding carboxylic acids is 10. The van der Waals surface area contributed by atoms with Crippen molar-refractivity contribution in [1.82, 2.24) is 53.2 Å². The molecule has 0 radical (unpaired) electrons. The van der Waals surface area contributed by atoms with Crippen molar-refractivity contribution in [3.05, 3.63) is 108 Å². The number of rotatable bonds is 42. The first kappa shape index (κ1) is 75.9. The van der Waals surface area contributed by atoms with Crippen molar-refractivity contribution in [3.8, 4) is 0 Å². The van der Waals surface area contributed by atoms with Crippen molar-refractivity contribution >= 4 is 71.2 Å². The third-order valence-corrected chi connectivity index (χ3v) is 14.9. The van der Waals surface area contributed by atoms with E-state index in [9.17, 15) is 57.8 Å². The zero-order valence-corrected chi connectivity index (χ0v) is 52.4. The highest BCUT2D eigenvalue weighted by atomic mass is 16.4. The molecular formula is C62H95N17O12. The smallest absolute Gasteiger partial charge is 0.326 e. The molecule has 500 valence electrons. The lowest BCUT2D eigenvalue weighted by Gasteiger charge is -2.29. The van der Waals surface area contributed by atoms with Crippen molar-refractivity contribution in [2.75, 3.05) is 26.2 Å². The maximum Gasteiger partial charge on any atom is 0.326 e. The molecule has 3 aromatic carbocycles. The standard InChI is InChI=1S/C62H95N17O12/c1-5-38(4)50(59(88)89)79-57(86)48(36-41-24-13-8-14-25-41)77-54(83)45(29-19-33-71-62(68)91)74-58(87)49(37(2)3)78-56(85)47(35-40-22-11-7-12-23-40)76-53(82)44(27-17-31-69-60(65)66)72-52(81)43(28-18-32-70-61(67)90)73-55(84)46(34-39-20-9-6-10-21-39)75-51(80)42(64)26-15-16-30-63/h6-14,20-25,37-38,42-50H,5,15-19,26-36,63-64H2,1-4H3,(H,72,81)(H,73,84)(H,74,87)(H,75,80)(H,76,82)(H,77,83)(H,78,85)(H,79,86)(H,88,89)(H4,65,66,69)(H3,67,70,90)(H3,68,71,91)/t38-,42-,43-,44-,45-,46-,47-,48-,49-,50-/m0/s1. The van der Waals surface area contributed by atoms with Crippen LogP contribution in [0.15, 0.2) is 96.0 Å². The monoisotopic (exact) mass is 1270 g/mol. The van der Waals surface area contributed by atoms with Gasteiger partial charge in [-0.25, -0.2) is 14.4 Å². The molecule has 0 bridgehead atoms. The number of aliphatic carboxylic acids is 1. The average Bonchev–Trinajstić information content (AvgIpc) is 3.28. The average molecular weight is 1270 g/mol. The zero-order chi connectivity index (χ0) is 67.4. The number of nitrogens with one attached hydrogen (secondary N) is 10. The van der Waals surface area contributed by atoms with Crippen LogP contribution >= 0.6 is 0 Å². The molecule has 0 spiro atoms. The quantitative estimate of drug-likeness (QED) is 0.0180. The highest BCUT2D eigenvalue weighted by Gasteiger charge is 2.37. The summed E-state index contributed by atoms with van der Waals surface area (Å²) >= 11 is 0. The number of hydrogen-bond acceptors (Lipinski definition) is 14. The van der Waals surface area contributed by atoms with Crippen LogP contribution in [-0.4, -0.2) is 157 Å². The first-order chi connectivity index (χ1) is 43.3. The number of carboxylic acids is 1. The number of nitrogens with zero attached hydrogens (tertiary/aromatic N) is 1. The molecule has 23 N–H and O–H groups in total. The second kappa shape index (κ2) is 41.0. The van der Waals surface area contributed by atoms with E-state index >= 15 is 0 Å². The second-order valence-corrected chi connectivity index (χ2v) is 22.6. The van der Waals surface area contributed by atoms with Crippen LogP contribution in [0, 0.1) is 11.8 Å². The predicted octanol–water partition coefficient (Wildman–Crippen LogP) is -1.21. The number of unbranched alkanes of at least 4 members (excludes halogenated alkanes) is 1. The summed E-state index contributed by atoms with van der Waals surface area (Å²) < 4.78 is 0. The van der Waals surface area contributed by atoms with Crippen LogP contribution in [0.1, 0.15) is 109 Å². The van der Waals surface area contributed by atoms with Crippen molar-refractivity contribution < 1.29 is 57.8 Å². The Morgan fingerprint density at radius 1 is 0.440 bits per heavy atom.